The van der Waals surface area contributed by atoms with Gasteiger partial charge in [-0.05, 0) is 32.4 Å². The second-order valence-electron chi connectivity index (χ2n) is 3.40. The number of ether oxygens (including phenoxy) is 1. The molecule has 0 amide bonds. The van der Waals surface area contributed by atoms with Crippen molar-refractivity contribution < 1.29 is 4.74 Å². The fourth-order valence-corrected chi connectivity index (χ4v) is 1.61. The Morgan fingerprint density at radius 3 is 2.20 bits per heavy atom. The maximum absolute atomic E-state index is 5.34. The first-order valence-corrected chi connectivity index (χ1v) is 5.39. The van der Waals surface area contributed by atoms with E-state index in [1.807, 2.05) is 6.07 Å². The van der Waals surface area contributed by atoms with E-state index in [0.717, 1.165) is 30.2 Å². The summed E-state index contributed by atoms with van der Waals surface area (Å²) in [4.78, 5) is 0. The van der Waals surface area contributed by atoms with Crippen LogP contribution in [-0.2, 0) is 0 Å². The summed E-state index contributed by atoms with van der Waals surface area (Å²) in [6.45, 7) is 8.06. The zero-order valence-electron chi connectivity index (χ0n) is 9.98. The predicted octanol–water partition coefficient (Wildman–Crippen LogP) is 2.87. The summed E-state index contributed by atoms with van der Waals surface area (Å²) in [6, 6.07) is 4.06. The van der Waals surface area contributed by atoms with Gasteiger partial charge in [-0.1, -0.05) is 6.07 Å². The van der Waals surface area contributed by atoms with Gasteiger partial charge in [0.25, 0.3) is 0 Å². The summed E-state index contributed by atoms with van der Waals surface area (Å²) in [5.41, 5.74) is 3.43. The fraction of sp³-hybridized carbons (Fsp3) is 0.500. The molecule has 0 saturated carbocycles. The Hall–Kier alpha value is -1.38. The van der Waals surface area contributed by atoms with Crippen molar-refractivity contribution in [3.8, 4) is 5.75 Å². The summed E-state index contributed by atoms with van der Waals surface area (Å²) in [7, 11) is 1.70. The molecule has 84 valence electrons. The monoisotopic (exact) mass is 208 g/mol. The molecule has 1 rings (SSSR count). The quantitative estimate of drug-likeness (QED) is 0.780. The smallest absolute Gasteiger partial charge is 0.144 e. The van der Waals surface area contributed by atoms with Gasteiger partial charge in [-0.3, -0.25) is 0 Å². The van der Waals surface area contributed by atoms with E-state index in [1.54, 1.807) is 7.11 Å². The molecule has 1 aromatic rings. The van der Waals surface area contributed by atoms with Crippen LogP contribution in [0.15, 0.2) is 12.1 Å². The molecule has 0 atom stereocenters. The van der Waals surface area contributed by atoms with Gasteiger partial charge in [-0.2, -0.15) is 0 Å². The highest BCUT2D eigenvalue weighted by Gasteiger charge is 2.10. The number of anilines is 2. The Kier molecular flexibility index (Phi) is 4.28. The first-order valence-electron chi connectivity index (χ1n) is 5.39. The van der Waals surface area contributed by atoms with E-state index in [0.29, 0.717) is 0 Å². The van der Waals surface area contributed by atoms with Crippen molar-refractivity contribution in [3.05, 3.63) is 17.7 Å². The third-order valence-corrected chi connectivity index (χ3v) is 2.30. The lowest BCUT2D eigenvalue weighted by molar-refractivity contribution is 0.416. The molecule has 1 aromatic carbocycles. The number of hydrogen-bond donors (Lipinski definition) is 2. The first-order chi connectivity index (χ1) is 7.24. The lowest BCUT2D eigenvalue weighted by atomic mass is 10.1. The fourth-order valence-electron chi connectivity index (χ4n) is 1.61. The lowest BCUT2D eigenvalue weighted by Crippen LogP contribution is -2.07. The van der Waals surface area contributed by atoms with Crippen LogP contribution in [-0.4, -0.2) is 20.2 Å². The second kappa shape index (κ2) is 5.49. The summed E-state index contributed by atoms with van der Waals surface area (Å²) < 4.78 is 5.34. The number of hydrogen-bond acceptors (Lipinski definition) is 3. The van der Waals surface area contributed by atoms with Crippen LogP contribution in [0.1, 0.15) is 19.4 Å². The first kappa shape index (κ1) is 11.7. The van der Waals surface area contributed by atoms with Crippen molar-refractivity contribution in [1.29, 1.82) is 0 Å². The van der Waals surface area contributed by atoms with Gasteiger partial charge in [0.05, 0.1) is 12.8 Å². The van der Waals surface area contributed by atoms with Gasteiger partial charge in [0.2, 0.25) is 0 Å². The van der Waals surface area contributed by atoms with E-state index in [-0.39, 0.29) is 0 Å². The van der Waals surface area contributed by atoms with E-state index in [9.17, 15) is 0 Å². The van der Waals surface area contributed by atoms with Crippen LogP contribution in [0.3, 0.4) is 0 Å². The van der Waals surface area contributed by atoms with E-state index >= 15 is 0 Å². The molecule has 15 heavy (non-hydrogen) atoms. The Morgan fingerprint density at radius 2 is 1.67 bits per heavy atom. The van der Waals surface area contributed by atoms with Crippen LogP contribution in [0.25, 0.3) is 0 Å². The van der Waals surface area contributed by atoms with E-state index in [2.05, 4.69) is 37.5 Å². The summed E-state index contributed by atoms with van der Waals surface area (Å²) in [5, 5.41) is 6.70. The van der Waals surface area contributed by atoms with Crippen LogP contribution >= 0.6 is 0 Å². The molecular formula is C12H20N2O. The molecule has 0 spiro atoms. The van der Waals surface area contributed by atoms with E-state index < -0.39 is 0 Å². The van der Waals surface area contributed by atoms with Crippen molar-refractivity contribution in [2.45, 2.75) is 20.8 Å². The summed E-state index contributed by atoms with van der Waals surface area (Å²) in [5.74, 6) is 0.887. The summed E-state index contributed by atoms with van der Waals surface area (Å²) in [6.07, 6.45) is 0. The lowest BCUT2D eigenvalue weighted by Gasteiger charge is -2.17. The molecule has 0 aliphatic carbocycles. The Labute approximate surface area is 91.8 Å². The van der Waals surface area contributed by atoms with Gasteiger partial charge in [0.1, 0.15) is 11.4 Å². The molecule has 3 heteroatoms. The molecule has 0 saturated heterocycles. The molecule has 0 aromatic heterocycles. The largest absolute Gasteiger partial charge is 0.495 e. The standard InChI is InChI=1S/C12H20N2O/c1-5-13-11-9(3)7-8-10(15-4)12(11)14-6-2/h7-8,13-14H,5-6H2,1-4H3. The number of rotatable bonds is 5. The predicted molar refractivity (Wildman–Crippen MR) is 66.1 cm³/mol. The van der Waals surface area contributed by atoms with Crippen molar-refractivity contribution in [3.63, 3.8) is 0 Å². The molecule has 0 radical (unpaired) electrons. The molecule has 3 nitrogen and oxygen atoms in total. The second-order valence-corrected chi connectivity index (χ2v) is 3.40. The van der Waals surface area contributed by atoms with Crippen LogP contribution in [0, 0.1) is 6.92 Å². The molecular weight excluding hydrogens is 188 g/mol. The number of nitrogens with one attached hydrogen (secondary N) is 2. The maximum atomic E-state index is 5.34. The Balaban J connectivity index is 3.17. The average molecular weight is 208 g/mol. The third-order valence-electron chi connectivity index (χ3n) is 2.30. The third kappa shape index (κ3) is 2.55. The molecule has 0 fully saturated rings. The van der Waals surface area contributed by atoms with Crippen LogP contribution in [0.2, 0.25) is 0 Å². The SMILES string of the molecule is CCNc1c(C)ccc(OC)c1NCC. The molecule has 0 aliphatic heterocycles. The summed E-state index contributed by atoms with van der Waals surface area (Å²) >= 11 is 0. The van der Waals surface area contributed by atoms with E-state index in [1.165, 1.54) is 5.56 Å². The normalized spacial score (nSPS) is 9.87. The van der Waals surface area contributed by atoms with Crippen LogP contribution in [0.4, 0.5) is 11.4 Å². The highest BCUT2D eigenvalue weighted by Crippen LogP contribution is 2.35. The van der Waals surface area contributed by atoms with Gasteiger partial charge in [-0.25, -0.2) is 0 Å². The number of methoxy groups -OCH3 is 1. The van der Waals surface area contributed by atoms with Gasteiger partial charge >= 0.3 is 0 Å². The van der Waals surface area contributed by atoms with Crippen LogP contribution < -0.4 is 15.4 Å². The Morgan fingerprint density at radius 1 is 1.07 bits per heavy atom. The van der Waals surface area contributed by atoms with Crippen molar-refractivity contribution in [2.75, 3.05) is 30.8 Å². The zero-order valence-corrected chi connectivity index (χ0v) is 9.98. The van der Waals surface area contributed by atoms with Gasteiger partial charge in [-0.15, -0.1) is 0 Å². The molecule has 0 heterocycles. The average Bonchev–Trinajstić information content (AvgIpc) is 2.24. The van der Waals surface area contributed by atoms with Gasteiger partial charge in [0, 0.05) is 13.1 Å². The molecule has 0 aliphatic rings. The topological polar surface area (TPSA) is 33.3 Å². The minimum absolute atomic E-state index is 0.887. The van der Waals surface area contributed by atoms with Crippen LogP contribution in [0.5, 0.6) is 5.75 Å². The minimum atomic E-state index is 0.887. The van der Waals surface area contributed by atoms with Crippen molar-refractivity contribution >= 4 is 11.4 Å². The zero-order chi connectivity index (χ0) is 11.3. The molecule has 0 unspecified atom stereocenters. The van der Waals surface area contributed by atoms with E-state index in [4.69, 9.17) is 4.74 Å². The van der Waals surface area contributed by atoms with Gasteiger partial charge in [0.15, 0.2) is 0 Å². The van der Waals surface area contributed by atoms with Crippen molar-refractivity contribution in [2.24, 2.45) is 0 Å². The molecule has 2 N–H and O–H groups in total. The Bertz CT molecular complexity index is 324. The number of benzene rings is 1. The van der Waals surface area contributed by atoms with Crippen molar-refractivity contribution in [1.82, 2.24) is 0 Å². The van der Waals surface area contributed by atoms with Gasteiger partial charge < -0.3 is 15.4 Å². The molecule has 0 bridgehead atoms. The highest BCUT2D eigenvalue weighted by molar-refractivity contribution is 5.78. The minimum Gasteiger partial charge on any atom is -0.495 e. The maximum Gasteiger partial charge on any atom is 0.144 e. The highest BCUT2D eigenvalue weighted by atomic mass is 16.5. The number of aryl methyl sites for hydroxylation is 1.